The second-order valence-electron chi connectivity index (χ2n) is 9.76. The number of benzene rings is 4. The Balaban J connectivity index is 1.83. The van der Waals surface area contributed by atoms with Crippen LogP contribution in [0.15, 0.2) is 109 Å². The van der Waals surface area contributed by atoms with Crippen molar-refractivity contribution >= 4 is 5.69 Å². The third kappa shape index (κ3) is 3.42. The molecule has 0 unspecified atom stereocenters. The van der Waals surface area contributed by atoms with Crippen molar-refractivity contribution in [2.45, 2.75) is 44.1 Å². The summed E-state index contributed by atoms with van der Waals surface area (Å²) in [7, 11) is 0. The topological polar surface area (TPSA) is 12.0 Å². The van der Waals surface area contributed by atoms with E-state index in [1.165, 1.54) is 33.5 Å². The Morgan fingerprint density at radius 1 is 0.656 bits per heavy atom. The van der Waals surface area contributed by atoms with Crippen LogP contribution in [0.2, 0.25) is 0 Å². The lowest BCUT2D eigenvalue weighted by atomic mass is 9.64. The minimum atomic E-state index is -0.383. The molecule has 1 heterocycles. The molecule has 1 aliphatic rings. The molecule has 0 saturated carbocycles. The first-order valence-corrected chi connectivity index (χ1v) is 11.6. The number of anilines is 1. The van der Waals surface area contributed by atoms with Gasteiger partial charge in [0.2, 0.25) is 0 Å². The Morgan fingerprint density at radius 3 is 1.59 bits per heavy atom. The van der Waals surface area contributed by atoms with Crippen LogP contribution in [0.4, 0.5) is 5.69 Å². The molecule has 4 aromatic rings. The van der Waals surface area contributed by atoms with Gasteiger partial charge in [-0.25, -0.2) is 0 Å². The zero-order chi connectivity index (χ0) is 22.2. The molecule has 160 valence electrons. The van der Waals surface area contributed by atoms with Crippen LogP contribution in [0, 0.1) is 0 Å². The highest BCUT2D eigenvalue weighted by molar-refractivity contribution is 5.65. The fraction of sp³-hybridized carbons (Fsp3) is 0.226. The zero-order valence-electron chi connectivity index (χ0n) is 19.2. The first-order valence-electron chi connectivity index (χ1n) is 11.6. The first kappa shape index (κ1) is 20.6. The van der Waals surface area contributed by atoms with Crippen molar-refractivity contribution in [3.05, 3.63) is 137 Å². The number of hydrogen-bond donors (Lipinski definition) is 1. The molecular weight excluding hydrogens is 386 g/mol. The van der Waals surface area contributed by atoms with E-state index in [-0.39, 0.29) is 11.0 Å². The van der Waals surface area contributed by atoms with Crippen molar-refractivity contribution in [3.63, 3.8) is 0 Å². The van der Waals surface area contributed by atoms with E-state index in [4.69, 9.17) is 0 Å². The minimum Gasteiger partial charge on any atom is -0.380 e. The number of nitrogens with one attached hydrogen (secondary N) is 1. The minimum absolute atomic E-state index is 0.114. The van der Waals surface area contributed by atoms with Gasteiger partial charge >= 0.3 is 0 Å². The van der Waals surface area contributed by atoms with Crippen LogP contribution in [-0.2, 0) is 5.41 Å². The van der Waals surface area contributed by atoms with Gasteiger partial charge in [0.25, 0.3) is 0 Å². The molecule has 0 radical (unpaired) electrons. The molecule has 1 atom stereocenters. The Labute approximate surface area is 192 Å². The van der Waals surface area contributed by atoms with E-state index in [9.17, 15) is 0 Å². The number of hydrogen-bond acceptors (Lipinski definition) is 1. The van der Waals surface area contributed by atoms with Gasteiger partial charge < -0.3 is 5.32 Å². The predicted octanol–water partition coefficient (Wildman–Crippen LogP) is 7.77. The van der Waals surface area contributed by atoms with Crippen LogP contribution in [0.5, 0.6) is 0 Å². The molecule has 5 rings (SSSR count). The Bertz CT molecular complexity index is 1100. The van der Waals surface area contributed by atoms with E-state index in [0.29, 0.717) is 5.92 Å². The maximum atomic E-state index is 3.76. The summed E-state index contributed by atoms with van der Waals surface area (Å²) in [5.41, 5.74) is 7.58. The van der Waals surface area contributed by atoms with Gasteiger partial charge in [0.15, 0.2) is 0 Å². The highest BCUT2D eigenvalue weighted by atomic mass is 15.0. The van der Waals surface area contributed by atoms with E-state index in [1.54, 1.807) is 0 Å². The standard InChI is InChI=1S/C31H31N/c1-23-22-30(2,3)32-29-20-19-27(21-28(23)29)31(24-13-7-4-8-14-24,25-15-9-5-10-16-25)26-17-11-6-12-18-26/h4-21,23,32H,22H2,1-3H3/t23-/m1/s1. The summed E-state index contributed by atoms with van der Waals surface area (Å²) in [5, 5.41) is 3.76. The smallest absolute Gasteiger partial charge is 0.0701 e. The second kappa shape index (κ2) is 7.98. The first-order chi connectivity index (χ1) is 15.5. The SMILES string of the molecule is C[C@@H]1CC(C)(C)Nc2ccc(C(c3ccccc3)(c3ccccc3)c3ccccc3)cc21. The van der Waals surface area contributed by atoms with Crippen molar-refractivity contribution in [1.82, 2.24) is 0 Å². The lowest BCUT2D eigenvalue weighted by Crippen LogP contribution is -2.37. The molecule has 1 nitrogen and oxygen atoms in total. The lowest BCUT2D eigenvalue weighted by molar-refractivity contribution is 0.453. The molecular formula is C31H31N. The van der Waals surface area contributed by atoms with Crippen molar-refractivity contribution in [2.75, 3.05) is 5.32 Å². The molecule has 1 N–H and O–H groups in total. The summed E-state index contributed by atoms with van der Waals surface area (Å²) in [6.45, 7) is 6.95. The van der Waals surface area contributed by atoms with Crippen LogP contribution in [0.1, 0.15) is 60.9 Å². The second-order valence-corrected chi connectivity index (χ2v) is 9.76. The van der Waals surface area contributed by atoms with Gasteiger partial charge in [0, 0.05) is 11.2 Å². The van der Waals surface area contributed by atoms with Gasteiger partial charge in [-0.3, -0.25) is 0 Å². The number of fused-ring (bicyclic) bond motifs is 1. The van der Waals surface area contributed by atoms with Crippen molar-refractivity contribution in [1.29, 1.82) is 0 Å². The number of rotatable bonds is 4. The van der Waals surface area contributed by atoms with Crippen LogP contribution < -0.4 is 5.32 Å². The van der Waals surface area contributed by atoms with Crippen molar-refractivity contribution in [3.8, 4) is 0 Å². The van der Waals surface area contributed by atoms with E-state index in [1.807, 2.05) is 0 Å². The maximum absolute atomic E-state index is 3.76. The molecule has 1 heteroatoms. The van der Waals surface area contributed by atoms with E-state index in [2.05, 4.69) is 135 Å². The van der Waals surface area contributed by atoms with Gasteiger partial charge in [-0.1, -0.05) is 110 Å². The monoisotopic (exact) mass is 417 g/mol. The highest BCUT2D eigenvalue weighted by Crippen LogP contribution is 2.48. The fourth-order valence-corrected chi connectivity index (χ4v) is 5.67. The molecule has 0 amide bonds. The predicted molar refractivity (Wildman–Crippen MR) is 135 cm³/mol. The summed E-state index contributed by atoms with van der Waals surface area (Å²) in [6, 6.07) is 39.9. The van der Waals surface area contributed by atoms with Gasteiger partial charge in [0.1, 0.15) is 0 Å². The van der Waals surface area contributed by atoms with Gasteiger partial charge in [-0.15, -0.1) is 0 Å². The van der Waals surface area contributed by atoms with E-state index >= 15 is 0 Å². The summed E-state index contributed by atoms with van der Waals surface area (Å²) in [6.07, 6.45) is 1.12. The van der Waals surface area contributed by atoms with E-state index < -0.39 is 0 Å². The quantitative estimate of drug-likeness (QED) is 0.334. The average molecular weight is 418 g/mol. The Morgan fingerprint density at radius 2 is 1.12 bits per heavy atom. The molecule has 0 fully saturated rings. The van der Waals surface area contributed by atoms with Gasteiger partial charge in [-0.2, -0.15) is 0 Å². The van der Waals surface area contributed by atoms with Crippen molar-refractivity contribution < 1.29 is 0 Å². The summed E-state index contributed by atoms with van der Waals surface area (Å²) in [5.74, 6) is 0.501. The van der Waals surface area contributed by atoms with Gasteiger partial charge in [-0.05, 0) is 60.1 Å². The van der Waals surface area contributed by atoms with Crippen LogP contribution in [-0.4, -0.2) is 5.54 Å². The molecule has 0 spiro atoms. The maximum Gasteiger partial charge on any atom is 0.0701 e. The average Bonchev–Trinajstić information content (AvgIpc) is 2.81. The molecule has 4 aromatic carbocycles. The molecule has 0 bridgehead atoms. The van der Waals surface area contributed by atoms with Gasteiger partial charge in [0.05, 0.1) is 5.41 Å². The third-order valence-corrected chi connectivity index (χ3v) is 6.93. The van der Waals surface area contributed by atoms with Crippen LogP contribution in [0.3, 0.4) is 0 Å². The fourth-order valence-electron chi connectivity index (χ4n) is 5.67. The molecule has 0 saturated heterocycles. The van der Waals surface area contributed by atoms with E-state index in [0.717, 1.165) is 6.42 Å². The van der Waals surface area contributed by atoms with Crippen molar-refractivity contribution in [2.24, 2.45) is 0 Å². The molecule has 32 heavy (non-hydrogen) atoms. The summed E-state index contributed by atoms with van der Waals surface area (Å²) in [4.78, 5) is 0. The zero-order valence-corrected chi connectivity index (χ0v) is 19.2. The molecule has 0 aromatic heterocycles. The normalized spacial score (nSPS) is 17.3. The Kier molecular flexibility index (Phi) is 5.13. The van der Waals surface area contributed by atoms with Crippen LogP contribution in [0.25, 0.3) is 0 Å². The molecule has 1 aliphatic heterocycles. The lowest BCUT2D eigenvalue weighted by Gasteiger charge is -2.40. The largest absolute Gasteiger partial charge is 0.380 e. The summed E-state index contributed by atoms with van der Waals surface area (Å²) < 4.78 is 0. The highest BCUT2D eigenvalue weighted by Gasteiger charge is 2.39. The summed E-state index contributed by atoms with van der Waals surface area (Å²) >= 11 is 0. The Hall–Kier alpha value is -3.32. The molecule has 0 aliphatic carbocycles. The van der Waals surface area contributed by atoms with Crippen LogP contribution >= 0.6 is 0 Å². The third-order valence-electron chi connectivity index (χ3n) is 6.93.